The minimum absolute atomic E-state index is 0.0210. The molecule has 0 unspecified atom stereocenters. The van der Waals surface area contributed by atoms with Gasteiger partial charge in [0.25, 0.3) is 5.56 Å². The zero-order chi connectivity index (χ0) is 23.4. The Morgan fingerprint density at radius 1 is 1.06 bits per heavy atom. The van der Waals surface area contributed by atoms with Crippen LogP contribution in [-0.4, -0.2) is 30.9 Å². The van der Waals surface area contributed by atoms with Crippen LogP contribution in [0.3, 0.4) is 0 Å². The first kappa shape index (κ1) is 21.0. The zero-order valence-corrected chi connectivity index (χ0v) is 19.8. The normalized spacial score (nSPS) is 16.0. The molecule has 0 spiro atoms. The quantitative estimate of drug-likeness (QED) is 0.484. The molecular formula is C26H29N7O. The van der Waals surface area contributed by atoms with Crippen LogP contribution >= 0.6 is 0 Å². The van der Waals surface area contributed by atoms with Crippen molar-refractivity contribution in [3.63, 3.8) is 0 Å². The van der Waals surface area contributed by atoms with Crippen molar-refractivity contribution in [1.82, 2.24) is 29.6 Å². The highest BCUT2D eigenvalue weighted by molar-refractivity contribution is 5.79. The van der Waals surface area contributed by atoms with E-state index in [4.69, 9.17) is 9.97 Å². The molecule has 174 valence electrons. The number of nitrogens with zero attached hydrogens (tertiary/aromatic N) is 5. The van der Waals surface area contributed by atoms with Gasteiger partial charge in [0.1, 0.15) is 11.6 Å². The van der Waals surface area contributed by atoms with E-state index >= 15 is 0 Å². The standard InChI is InChI=1S/C26H29N7O/c1-26(2,3)25-28-13-11-22(31-25)33-23-20(24(34)32(33)19-6-7-19)8-9-21(30-23)29-18-5-4-16-10-12-27-15-17(16)14-18/h4-5,8-9,11,13-14,19,27H,6-7,10,12,15H2,1-3H3,(H,29,30). The highest BCUT2D eigenvalue weighted by Gasteiger charge is 2.31. The lowest BCUT2D eigenvalue weighted by Crippen LogP contribution is -2.23. The van der Waals surface area contributed by atoms with E-state index in [1.807, 2.05) is 27.6 Å². The van der Waals surface area contributed by atoms with E-state index in [2.05, 4.69) is 54.6 Å². The Balaban J connectivity index is 1.46. The van der Waals surface area contributed by atoms with Gasteiger partial charge in [0.05, 0.1) is 11.4 Å². The molecule has 0 amide bonds. The maximum Gasteiger partial charge on any atom is 0.276 e. The van der Waals surface area contributed by atoms with E-state index in [0.717, 1.165) is 43.9 Å². The first-order chi connectivity index (χ1) is 16.4. The van der Waals surface area contributed by atoms with Crippen molar-refractivity contribution < 1.29 is 0 Å². The molecule has 34 heavy (non-hydrogen) atoms. The molecule has 6 rings (SSSR count). The van der Waals surface area contributed by atoms with Crippen molar-refractivity contribution in [3.05, 3.63) is 69.9 Å². The third-order valence-electron chi connectivity index (χ3n) is 6.52. The van der Waals surface area contributed by atoms with Crippen molar-refractivity contribution in [3.8, 4) is 5.82 Å². The number of fused-ring (bicyclic) bond motifs is 2. The van der Waals surface area contributed by atoms with Gasteiger partial charge in [-0.25, -0.2) is 24.3 Å². The maximum absolute atomic E-state index is 13.3. The number of nitrogens with one attached hydrogen (secondary N) is 2. The molecule has 1 saturated carbocycles. The van der Waals surface area contributed by atoms with Crippen molar-refractivity contribution in [2.24, 2.45) is 0 Å². The Morgan fingerprint density at radius 3 is 2.71 bits per heavy atom. The predicted molar refractivity (Wildman–Crippen MR) is 133 cm³/mol. The van der Waals surface area contributed by atoms with Crippen LogP contribution in [0, 0.1) is 0 Å². The van der Waals surface area contributed by atoms with E-state index in [9.17, 15) is 4.79 Å². The molecule has 4 aromatic rings. The number of benzene rings is 1. The Hall–Kier alpha value is -3.52. The average Bonchev–Trinajstić information content (AvgIpc) is 3.62. The van der Waals surface area contributed by atoms with E-state index in [0.29, 0.717) is 22.7 Å². The van der Waals surface area contributed by atoms with Gasteiger partial charge in [0, 0.05) is 29.9 Å². The van der Waals surface area contributed by atoms with Crippen LogP contribution in [0.5, 0.6) is 0 Å². The molecular weight excluding hydrogens is 426 g/mol. The molecule has 0 radical (unpaired) electrons. The molecule has 1 aromatic carbocycles. The fourth-order valence-corrected chi connectivity index (χ4v) is 4.56. The fourth-order valence-electron chi connectivity index (χ4n) is 4.56. The molecule has 0 saturated heterocycles. The molecule has 0 bridgehead atoms. The van der Waals surface area contributed by atoms with Crippen LogP contribution in [0.15, 0.2) is 47.4 Å². The summed E-state index contributed by atoms with van der Waals surface area (Å²) in [5, 5.41) is 7.46. The number of hydrogen-bond acceptors (Lipinski definition) is 6. The van der Waals surface area contributed by atoms with Gasteiger partial charge in [-0.1, -0.05) is 26.8 Å². The summed E-state index contributed by atoms with van der Waals surface area (Å²) in [5.74, 6) is 2.10. The Labute approximate surface area is 198 Å². The summed E-state index contributed by atoms with van der Waals surface area (Å²) < 4.78 is 3.70. The zero-order valence-electron chi connectivity index (χ0n) is 19.8. The van der Waals surface area contributed by atoms with E-state index in [-0.39, 0.29) is 17.0 Å². The molecule has 1 aliphatic carbocycles. The van der Waals surface area contributed by atoms with Gasteiger partial charge >= 0.3 is 0 Å². The second kappa shape index (κ2) is 7.77. The number of rotatable bonds is 4. The molecule has 1 fully saturated rings. The monoisotopic (exact) mass is 455 g/mol. The lowest BCUT2D eigenvalue weighted by molar-refractivity contribution is 0.524. The Kier molecular flexibility index (Phi) is 4.81. The Morgan fingerprint density at radius 2 is 1.91 bits per heavy atom. The van der Waals surface area contributed by atoms with E-state index in [1.165, 1.54) is 11.1 Å². The largest absolute Gasteiger partial charge is 0.340 e. The molecule has 3 aromatic heterocycles. The molecule has 1 aliphatic heterocycles. The number of aromatic nitrogens is 5. The number of pyridine rings is 1. The molecule has 2 N–H and O–H groups in total. The lowest BCUT2D eigenvalue weighted by Gasteiger charge is -2.18. The molecule has 8 heteroatoms. The van der Waals surface area contributed by atoms with Gasteiger partial charge in [-0.15, -0.1) is 0 Å². The molecule has 4 heterocycles. The van der Waals surface area contributed by atoms with Gasteiger partial charge in [0.2, 0.25) is 0 Å². The minimum Gasteiger partial charge on any atom is -0.340 e. The predicted octanol–water partition coefficient (Wildman–Crippen LogP) is 4.00. The highest BCUT2D eigenvalue weighted by atomic mass is 16.1. The number of hydrogen-bond donors (Lipinski definition) is 2. The van der Waals surface area contributed by atoms with E-state index < -0.39 is 0 Å². The van der Waals surface area contributed by atoms with Crippen LogP contribution < -0.4 is 16.2 Å². The summed E-state index contributed by atoms with van der Waals surface area (Å²) in [5.41, 5.74) is 4.08. The summed E-state index contributed by atoms with van der Waals surface area (Å²) in [6.45, 7) is 8.16. The molecule has 8 nitrogen and oxygen atoms in total. The third kappa shape index (κ3) is 3.68. The molecule has 0 atom stereocenters. The highest BCUT2D eigenvalue weighted by Crippen LogP contribution is 2.36. The summed E-state index contributed by atoms with van der Waals surface area (Å²) in [6, 6.07) is 12.2. The summed E-state index contributed by atoms with van der Waals surface area (Å²) in [7, 11) is 0. The summed E-state index contributed by atoms with van der Waals surface area (Å²) in [4.78, 5) is 27.6. The average molecular weight is 456 g/mol. The van der Waals surface area contributed by atoms with Gasteiger partial charge in [-0.05, 0) is 61.2 Å². The maximum atomic E-state index is 13.3. The van der Waals surface area contributed by atoms with Gasteiger partial charge in [0.15, 0.2) is 11.5 Å². The second-order valence-electron chi connectivity index (χ2n) is 10.3. The fraction of sp³-hybridized carbons (Fsp3) is 0.385. The second-order valence-corrected chi connectivity index (χ2v) is 10.3. The summed E-state index contributed by atoms with van der Waals surface area (Å²) >= 11 is 0. The smallest absolute Gasteiger partial charge is 0.276 e. The molecule has 2 aliphatic rings. The summed E-state index contributed by atoms with van der Waals surface area (Å²) in [6.07, 6.45) is 4.79. The minimum atomic E-state index is -0.203. The van der Waals surface area contributed by atoms with Gasteiger partial charge < -0.3 is 10.6 Å². The van der Waals surface area contributed by atoms with Crippen LogP contribution in [0.1, 0.15) is 56.6 Å². The first-order valence-electron chi connectivity index (χ1n) is 12.0. The van der Waals surface area contributed by atoms with Crippen molar-refractivity contribution in [2.45, 2.75) is 58.0 Å². The Bertz CT molecular complexity index is 1460. The number of anilines is 2. The van der Waals surface area contributed by atoms with E-state index in [1.54, 1.807) is 6.20 Å². The van der Waals surface area contributed by atoms with Crippen molar-refractivity contribution in [2.75, 3.05) is 11.9 Å². The topological polar surface area (TPSA) is 89.7 Å². The van der Waals surface area contributed by atoms with Gasteiger partial charge in [-0.2, -0.15) is 0 Å². The van der Waals surface area contributed by atoms with Crippen LogP contribution in [0.4, 0.5) is 11.5 Å². The van der Waals surface area contributed by atoms with Crippen LogP contribution in [-0.2, 0) is 18.4 Å². The third-order valence-corrected chi connectivity index (χ3v) is 6.52. The van der Waals surface area contributed by atoms with Crippen LogP contribution in [0.25, 0.3) is 16.9 Å². The van der Waals surface area contributed by atoms with Crippen LogP contribution in [0.2, 0.25) is 0 Å². The van der Waals surface area contributed by atoms with Crippen molar-refractivity contribution >= 4 is 22.5 Å². The SMILES string of the molecule is CC(C)(C)c1nccc(-n2c3nc(Nc4ccc5c(c4)CNCC5)ccc3c(=O)n2C2CC2)n1. The van der Waals surface area contributed by atoms with Crippen molar-refractivity contribution in [1.29, 1.82) is 0 Å². The lowest BCUT2D eigenvalue weighted by atomic mass is 9.96. The van der Waals surface area contributed by atoms with Gasteiger partial charge in [-0.3, -0.25) is 4.79 Å². The first-order valence-corrected chi connectivity index (χ1v) is 12.0.